The first-order valence-corrected chi connectivity index (χ1v) is 8.04. The quantitative estimate of drug-likeness (QED) is 0.911. The van der Waals surface area contributed by atoms with Crippen molar-refractivity contribution in [1.82, 2.24) is 5.32 Å². The monoisotopic (exact) mass is 295 g/mol. The van der Waals surface area contributed by atoms with E-state index in [9.17, 15) is 0 Å². The fourth-order valence-corrected chi connectivity index (χ4v) is 3.62. The smallest absolute Gasteiger partial charge is 0.136 e. The molecule has 0 radical (unpaired) electrons. The lowest BCUT2D eigenvalue weighted by atomic mass is 9.76. The van der Waals surface area contributed by atoms with Crippen molar-refractivity contribution in [1.29, 1.82) is 0 Å². The first kappa shape index (κ1) is 15.3. The van der Waals surface area contributed by atoms with Gasteiger partial charge in [-0.1, -0.05) is 74.5 Å². The molecule has 1 saturated heterocycles. The van der Waals surface area contributed by atoms with E-state index < -0.39 is 5.60 Å². The maximum atomic E-state index is 6.67. The van der Waals surface area contributed by atoms with Crippen molar-refractivity contribution in [2.45, 2.75) is 45.1 Å². The summed E-state index contributed by atoms with van der Waals surface area (Å²) in [6.07, 6.45) is 0. The molecule has 2 aromatic carbocycles. The van der Waals surface area contributed by atoms with E-state index in [0.29, 0.717) is 5.92 Å². The molecule has 22 heavy (non-hydrogen) atoms. The van der Waals surface area contributed by atoms with Gasteiger partial charge >= 0.3 is 0 Å². The minimum atomic E-state index is -0.458. The zero-order chi connectivity index (χ0) is 15.8. The molecule has 1 fully saturated rings. The Kier molecular flexibility index (Phi) is 3.84. The molecule has 0 saturated carbocycles. The van der Waals surface area contributed by atoms with Gasteiger partial charge in [0.2, 0.25) is 0 Å². The summed E-state index contributed by atoms with van der Waals surface area (Å²) in [7, 11) is 0. The molecule has 0 spiro atoms. The Labute approximate surface area is 133 Å². The first-order valence-electron chi connectivity index (χ1n) is 8.04. The van der Waals surface area contributed by atoms with Gasteiger partial charge in [-0.3, -0.25) is 5.32 Å². The molecule has 0 aliphatic carbocycles. The fraction of sp³-hybridized carbons (Fsp3) is 0.400. The van der Waals surface area contributed by atoms with Crippen LogP contribution in [0.3, 0.4) is 0 Å². The zero-order valence-electron chi connectivity index (χ0n) is 13.8. The predicted octanol–water partition coefficient (Wildman–Crippen LogP) is 4.31. The van der Waals surface area contributed by atoms with Crippen LogP contribution in [0.4, 0.5) is 0 Å². The third kappa shape index (κ3) is 2.47. The summed E-state index contributed by atoms with van der Waals surface area (Å²) in [5.41, 5.74) is 1.59. The van der Waals surface area contributed by atoms with Gasteiger partial charge in [0.05, 0.1) is 0 Å². The average Bonchev–Trinajstić information content (AvgIpc) is 2.82. The van der Waals surface area contributed by atoms with E-state index in [1.54, 1.807) is 0 Å². The third-order valence-corrected chi connectivity index (χ3v) is 4.43. The Balaban J connectivity index is 2.24. The molecule has 1 aliphatic rings. The number of nitrogens with one attached hydrogen (secondary N) is 1. The fourth-order valence-electron chi connectivity index (χ4n) is 3.62. The molecule has 2 nitrogen and oxygen atoms in total. The van der Waals surface area contributed by atoms with Crippen molar-refractivity contribution in [3.05, 3.63) is 71.8 Å². The molecule has 0 unspecified atom stereocenters. The lowest BCUT2D eigenvalue weighted by molar-refractivity contribution is -0.0765. The highest BCUT2D eigenvalue weighted by Gasteiger charge is 2.54. The van der Waals surface area contributed by atoms with Crippen molar-refractivity contribution >= 4 is 0 Å². The highest BCUT2D eigenvalue weighted by atomic mass is 16.6. The molecule has 1 aliphatic heterocycles. The van der Waals surface area contributed by atoms with Crippen molar-refractivity contribution in [2.75, 3.05) is 0 Å². The standard InChI is InChI=1S/C20H25NO/c1-15(2)18-20(22-19(3,4)21-18,16-11-7-5-8-12-16)17-13-9-6-10-14-17/h5-15,18,21H,1-4H3/t18-/m0/s1. The summed E-state index contributed by atoms with van der Waals surface area (Å²) in [6.45, 7) is 8.72. The molecular formula is C20H25NO. The van der Waals surface area contributed by atoms with Crippen LogP contribution in [0.15, 0.2) is 60.7 Å². The van der Waals surface area contributed by atoms with Gasteiger partial charge in [-0.2, -0.15) is 0 Å². The highest BCUT2D eigenvalue weighted by Crippen LogP contribution is 2.46. The molecule has 1 heterocycles. The maximum Gasteiger partial charge on any atom is 0.136 e. The minimum Gasteiger partial charge on any atom is -0.344 e. The van der Waals surface area contributed by atoms with Crippen molar-refractivity contribution in [2.24, 2.45) is 5.92 Å². The lowest BCUT2D eigenvalue weighted by Crippen LogP contribution is -2.46. The lowest BCUT2D eigenvalue weighted by Gasteiger charge is -2.37. The highest BCUT2D eigenvalue weighted by molar-refractivity contribution is 5.40. The number of hydrogen-bond acceptors (Lipinski definition) is 2. The van der Waals surface area contributed by atoms with Crippen LogP contribution < -0.4 is 5.32 Å². The Morgan fingerprint density at radius 3 is 1.73 bits per heavy atom. The van der Waals surface area contributed by atoms with Crippen LogP contribution in [0.5, 0.6) is 0 Å². The van der Waals surface area contributed by atoms with Crippen LogP contribution in [0.1, 0.15) is 38.8 Å². The maximum absolute atomic E-state index is 6.67. The SMILES string of the molecule is CC(C)[C@@H]1NC(C)(C)OC1(c1ccccc1)c1ccccc1. The summed E-state index contributed by atoms with van der Waals surface area (Å²) in [4.78, 5) is 0. The van der Waals surface area contributed by atoms with Gasteiger partial charge in [-0.15, -0.1) is 0 Å². The van der Waals surface area contributed by atoms with Gasteiger partial charge in [0.15, 0.2) is 0 Å². The molecule has 3 rings (SSSR count). The van der Waals surface area contributed by atoms with Gasteiger partial charge in [0, 0.05) is 6.04 Å². The summed E-state index contributed by atoms with van der Waals surface area (Å²) in [6, 6.07) is 21.4. The van der Waals surface area contributed by atoms with Crippen LogP contribution in [-0.2, 0) is 10.3 Å². The normalized spacial score (nSPS) is 22.9. The van der Waals surface area contributed by atoms with Crippen LogP contribution in [0, 0.1) is 5.92 Å². The second kappa shape index (κ2) is 5.53. The number of hydrogen-bond donors (Lipinski definition) is 1. The molecule has 0 amide bonds. The van der Waals surface area contributed by atoms with Crippen molar-refractivity contribution in [3.63, 3.8) is 0 Å². The van der Waals surface area contributed by atoms with E-state index in [1.165, 1.54) is 11.1 Å². The van der Waals surface area contributed by atoms with Crippen LogP contribution >= 0.6 is 0 Å². The number of benzene rings is 2. The second-order valence-electron chi connectivity index (χ2n) is 6.95. The molecule has 1 atom stereocenters. The summed E-state index contributed by atoms with van der Waals surface area (Å²) < 4.78 is 6.67. The van der Waals surface area contributed by atoms with Gasteiger partial charge in [0.1, 0.15) is 11.3 Å². The van der Waals surface area contributed by atoms with E-state index in [0.717, 1.165) is 0 Å². The van der Waals surface area contributed by atoms with Crippen LogP contribution in [0.2, 0.25) is 0 Å². The van der Waals surface area contributed by atoms with Gasteiger partial charge < -0.3 is 4.74 Å². The van der Waals surface area contributed by atoms with Crippen molar-refractivity contribution in [3.8, 4) is 0 Å². The van der Waals surface area contributed by atoms with Crippen LogP contribution in [-0.4, -0.2) is 11.8 Å². The molecule has 0 bridgehead atoms. The predicted molar refractivity (Wildman–Crippen MR) is 90.6 cm³/mol. The Morgan fingerprint density at radius 1 is 0.864 bits per heavy atom. The van der Waals surface area contributed by atoms with E-state index in [1.807, 2.05) is 0 Å². The Hall–Kier alpha value is -1.64. The van der Waals surface area contributed by atoms with E-state index >= 15 is 0 Å². The van der Waals surface area contributed by atoms with Gasteiger partial charge in [0.25, 0.3) is 0 Å². The first-order chi connectivity index (χ1) is 10.5. The molecule has 116 valence electrons. The van der Waals surface area contributed by atoms with Crippen LogP contribution in [0.25, 0.3) is 0 Å². The topological polar surface area (TPSA) is 21.3 Å². The van der Waals surface area contributed by atoms with Crippen molar-refractivity contribution < 1.29 is 4.74 Å². The Morgan fingerprint density at radius 2 is 1.32 bits per heavy atom. The summed E-state index contributed by atoms with van der Waals surface area (Å²) in [5.74, 6) is 0.446. The molecule has 2 aromatic rings. The summed E-state index contributed by atoms with van der Waals surface area (Å²) in [5, 5.41) is 3.70. The second-order valence-corrected chi connectivity index (χ2v) is 6.95. The van der Waals surface area contributed by atoms with E-state index in [-0.39, 0.29) is 11.8 Å². The van der Waals surface area contributed by atoms with E-state index in [2.05, 4.69) is 93.7 Å². The average molecular weight is 295 g/mol. The summed E-state index contributed by atoms with van der Waals surface area (Å²) >= 11 is 0. The molecule has 0 aromatic heterocycles. The molecular weight excluding hydrogens is 270 g/mol. The number of rotatable bonds is 3. The zero-order valence-corrected chi connectivity index (χ0v) is 13.8. The van der Waals surface area contributed by atoms with Gasteiger partial charge in [-0.25, -0.2) is 0 Å². The van der Waals surface area contributed by atoms with E-state index in [4.69, 9.17) is 4.74 Å². The third-order valence-electron chi connectivity index (χ3n) is 4.43. The minimum absolute atomic E-state index is 0.215. The molecule has 1 N–H and O–H groups in total. The Bertz CT molecular complexity index is 579. The largest absolute Gasteiger partial charge is 0.344 e. The van der Waals surface area contributed by atoms with Gasteiger partial charge in [-0.05, 0) is 30.9 Å². The number of ether oxygens (including phenoxy) is 1. The molecule has 2 heteroatoms.